The number of hydrogen-bond acceptors (Lipinski definition) is 3. The van der Waals surface area contributed by atoms with Crippen LogP contribution in [0.4, 0.5) is 17.1 Å². The van der Waals surface area contributed by atoms with E-state index >= 15 is 0 Å². The highest BCUT2D eigenvalue weighted by Crippen LogP contribution is 2.64. The lowest BCUT2D eigenvalue weighted by atomic mass is 9.66. The van der Waals surface area contributed by atoms with Crippen molar-refractivity contribution in [3.8, 4) is 67.5 Å². The van der Waals surface area contributed by atoms with Gasteiger partial charge in [0.2, 0.25) is 0 Å². The fourth-order valence-electron chi connectivity index (χ4n) is 12.7. The van der Waals surface area contributed by atoms with E-state index in [1.54, 1.807) is 0 Å². The first-order valence-electron chi connectivity index (χ1n) is 24.5. The van der Waals surface area contributed by atoms with Crippen LogP contribution in [0.3, 0.4) is 0 Å². The molecule has 0 amide bonds. The van der Waals surface area contributed by atoms with Crippen LogP contribution in [0.25, 0.3) is 44.5 Å². The van der Waals surface area contributed by atoms with Gasteiger partial charge in [0.1, 0.15) is 23.0 Å². The van der Waals surface area contributed by atoms with Crippen molar-refractivity contribution >= 4 is 17.1 Å². The molecule has 0 saturated carbocycles. The number of anilines is 3. The molecule has 11 aromatic carbocycles. The summed E-state index contributed by atoms with van der Waals surface area (Å²) < 4.78 is 13.3. The third kappa shape index (κ3) is 5.54. The molecule has 0 bridgehead atoms. The highest BCUT2D eigenvalue weighted by molar-refractivity contribution is 5.93. The average molecular weight is 906 g/mol. The van der Waals surface area contributed by atoms with Crippen LogP contribution in [0.1, 0.15) is 44.5 Å². The Bertz CT molecular complexity index is 3870. The van der Waals surface area contributed by atoms with Crippen LogP contribution in [0.2, 0.25) is 0 Å². The standard InChI is InChI=1S/C68H43NO2/c1-2-17-44(18-3-1)46-19-16-20-49(41-46)69(50-38-40-54-52-22-5-7-24-56(52)68(62(54)43-50)59-27-10-14-31-65(59)71-66-32-15-11-28-60(66)68)48-36-33-45(34-37-48)47-35-39-53-51-21-4-6-23-55(51)67(61(53)42-47)57-25-8-12-29-63(57)70-64-30-13-9-26-58(64)67/h1-43H. The van der Waals surface area contributed by atoms with Gasteiger partial charge in [-0.25, -0.2) is 0 Å². The van der Waals surface area contributed by atoms with E-state index in [0.29, 0.717) is 0 Å². The van der Waals surface area contributed by atoms with Gasteiger partial charge in [0, 0.05) is 39.3 Å². The van der Waals surface area contributed by atoms with E-state index in [1.165, 1.54) is 50.1 Å². The molecule has 3 nitrogen and oxygen atoms in total. The van der Waals surface area contributed by atoms with Gasteiger partial charge in [0.25, 0.3) is 0 Å². The van der Waals surface area contributed by atoms with E-state index in [9.17, 15) is 0 Å². The van der Waals surface area contributed by atoms with Crippen LogP contribution >= 0.6 is 0 Å². The van der Waals surface area contributed by atoms with Crippen molar-refractivity contribution in [2.75, 3.05) is 4.90 Å². The van der Waals surface area contributed by atoms with Crippen molar-refractivity contribution in [2.45, 2.75) is 10.8 Å². The number of nitrogens with zero attached hydrogens (tertiary/aromatic N) is 1. The van der Waals surface area contributed by atoms with Crippen molar-refractivity contribution in [1.29, 1.82) is 0 Å². The largest absolute Gasteiger partial charge is 0.457 e. The monoisotopic (exact) mass is 905 g/mol. The Morgan fingerprint density at radius 2 is 0.592 bits per heavy atom. The van der Waals surface area contributed by atoms with Crippen LogP contribution in [0.5, 0.6) is 23.0 Å². The number of fused-ring (bicyclic) bond motifs is 18. The van der Waals surface area contributed by atoms with E-state index in [1.807, 2.05) is 0 Å². The predicted molar refractivity (Wildman–Crippen MR) is 287 cm³/mol. The molecule has 15 rings (SSSR count). The van der Waals surface area contributed by atoms with Gasteiger partial charge in [-0.05, 0) is 133 Å². The second kappa shape index (κ2) is 15.2. The molecular formula is C68H43NO2. The maximum absolute atomic E-state index is 6.70. The third-order valence-electron chi connectivity index (χ3n) is 15.6. The molecule has 3 heteroatoms. The van der Waals surface area contributed by atoms with Gasteiger partial charge in [-0.1, -0.05) is 194 Å². The van der Waals surface area contributed by atoms with Crippen molar-refractivity contribution < 1.29 is 9.47 Å². The molecule has 2 spiro atoms. The SMILES string of the molecule is c1ccc(-c2cccc(N(c3ccc(-c4ccc5c(c4)C4(c6ccccc6Oc6ccccc64)c4ccccc4-5)cc3)c3ccc4c(c3)C3(c5ccccc5Oc5ccccc53)c3ccccc3-4)c2)cc1. The maximum atomic E-state index is 6.70. The maximum Gasteiger partial charge on any atom is 0.132 e. The van der Waals surface area contributed by atoms with E-state index in [4.69, 9.17) is 9.47 Å². The Kier molecular flexibility index (Phi) is 8.49. The van der Waals surface area contributed by atoms with Crippen LogP contribution in [-0.4, -0.2) is 0 Å². The lowest BCUT2D eigenvalue weighted by molar-refractivity contribution is 0.436. The van der Waals surface area contributed by atoms with Crippen LogP contribution in [0.15, 0.2) is 261 Å². The number of para-hydroxylation sites is 4. The molecule has 2 aliphatic carbocycles. The molecule has 0 radical (unpaired) electrons. The predicted octanol–water partition coefficient (Wildman–Crippen LogP) is 17.4. The van der Waals surface area contributed by atoms with Crippen LogP contribution in [0, 0.1) is 0 Å². The molecule has 0 fully saturated rings. The molecule has 332 valence electrons. The zero-order valence-corrected chi connectivity index (χ0v) is 38.6. The minimum Gasteiger partial charge on any atom is -0.457 e. The molecule has 0 aromatic heterocycles. The van der Waals surface area contributed by atoms with Crippen LogP contribution in [-0.2, 0) is 10.8 Å². The summed E-state index contributed by atoms with van der Waals surface area (Å²) in [6, 6.07) is 95.1. The Hall–Kier alpha value is -9.18. The zero-order valence-electron chi connectivity index (χ0n) is 38.6. The highest BCUT2D eigenvalue weighted by Gasteiger charge is 2.52. The zero-order chi connectivity index (χ0) is 46.7. The third-order valence-corrected chi connectivity index (χ3v) is 15.6. The molecule has 0 N–H and O–H groups in total. The Balaban J connectivity index is 0.910. The first kappa shape index (κ1) is 39.8. The number of benzene rings is 11. The highest BCUT2D eigenvalue weighted by atomic mass is 16.5. The van der Waals surface area contributed by atoms with Gasteiger partial charge in [0.05, 0.1) is 10.8 Å². The fraction of sp³-hybridized carbons (Fsp3) is 0.0294. The quantitative estimate of drug-likeness (QED) is 0.172. The van der Waals surface area contributed by atoms with Gasteiger partial charge < -0.3 is 14.4 Å². The fourth-order valence-corrected chi connectivity index (χ4v) is 12.7. The van der Waals surface area contributed by atoms with E-state index in [-0.39, 0.29) is 0 Å². The van der Waals surface area contributed by atoms with Crippen molar-refractivity contribution in [1.82, 2.24) is 0 Å². The average Bonchev–Trinajstić information content (AvgIpc) is 3.89. The summed E-state index contributed by atoms with van der Waals surface area (Å²) in [7, 11) is 0. The summed E-state index contributed by atoms with van der Waals surface area (Å²) in [6.45, 7) is 0. The number of rotatable bonds is 5. The van der Waals surface area contributed by atoms with Gasteiger partial charge in [-0.2, -0.15) is 0 Å². The molecular weight excluding hydrogens is 863 g/mol. The lowest BCUT2D eigenvalue weighted by Crippen LogP contribution is -2.32. The molecule has 4 aliphatic rings. The summed E-state index contributed by atoms with van der Waals surface area (Å²) in [5, 5.41) is 0. The van der Waals surface area contributed by atoms with Crippen LogP contribution < -0.4 is 14.4 Å². The molecule has 71 heavy (non-hydrogen) atoms. The molecule has 2 heterocycles. The van der Waals surface area contributed by atoms with Gasteiger partial charge in [-0.3, -0.25) is 0 Å². The van der Waals surface area contributed by atoms with Crippen molar-refractivity contribution in [3.05, 3.63) is 305 Å². The number of hydrogen-bond donors (Lipinski definition) is 0. The molecule has 0 unspecified atom stereocenters. The summed E-state index contributed by atoms with van der Waals surface area (Å²) in [4.78, 5) is 2.43. The summed E-state index contributed by atoms with van der Waals surface area (Å²) in [6.07, 6.45) is 0. The Labute approximate surface area is 413 Å². The van der Waals surface area contributed by atoms with E-state index < -0.39 is 10.8 Å². The topological polar surface area (TPSA) is 21.7 Å². The van der Waals surface area contributed by atoms with Gasteiger partial charge in [0.15, 0.2) is 0 Å². The second-order valence-corrected chi connectivity index (χ2v) is 19.1. The molecule has 0 atom stereocenters. The van der Waals surface area contributed by atoms with Crippen molar-refractivity contribution in [3.63, 3.8) is 0 Å². The Morgan fingerprint density at radius 1 is 0.225 bits per heavy atom. The first-order valence-corrected chi connectivity index (χ1v) is 24.5. The molecule has 2 aliphatic heterocycles. The van der Waals surface area contributed by atoms with E-state index in [0.717, 1.165) is 79.0 Å². The molecule has 11 aromatic rings. The van der Waals surface area contributed by atoms with Gasteiger partial charge >= 0.3 is 0 Å². The molecule has 0 saturated heterocycles. The number of ether oxygens (including phenoxy) is 2. The normalized spacial score (nSPS) is 14.1. The van der Waals surface area contributed by atoms with Crippen molar-refractivity contribution in [2.24, 2.45) is 0 Å². The summed E-state index contributed by atoms with van der Waals surface area (Å²) >= 11 is 0. The van der Waals surface area contributed by atoms with Gasteiger partial charge in [-0.15, -0.1) is 0 Å². The smallest absolute Gasteiger partial charge is 0.132 e. The summed E-state index contributed by atoms with van der Waals surface area (Å²) in [5.74, 6) is 3.56. The summed E-state index contributed by atoms with van der Waals surface area (Å²) in [5.41, 5.74) is 21.4. The second-order valence-electron chi connectivity index (χ2n) is 19.1. The van der Waals surface area contributed by atoms with E-state index in [2.05, 4.69) is 266 Å². The lowest BCUT2D eigenvalue weighted by Gasteiger charge is -2.39. The Morgan fingerprint density at radius 3 is 1.14 bits per heavy atom. The minimum atomic E-state index is -0.592. The first-order chi connectivity index (χ1) is 35.2. The minimum absolute atomic E-state index is 0.538.